The third kappa shape index (κ3) is 3.03. The second kappa shape index (κ2) is 5.60. The van der Waals surface area contributed by atoms with Gasteiger partial charge >= 0.3 is 0 Å². The lowest BCUT2D eigenvalue weighted by molar-refractivity contribution is -0.130. The highest BCUT2D eigenvalue weighted by molar-refractivity contribution is 5.80. The number of aromatic nitrogens is 3. The van der Waals surface area contributed by atoms with Crippen LogP contribution in [0.4, 0.5) is 0 Å². The van der Waals surface area contributed by atoms with Gasteiger partial charge in [0.05, 0.1) is 0 Å². The molecule has 0 bridgehead atoms. The molecule has 2 heterocycles. The Morgan fingerprint density at radius 3 is 3.31 bits per heavy atom. The second-order valence-corrected chi connectivity index (χ2v) is 3.83. The van der Waals surface area contributed by atoms with Gasteiger partial charge in [-0.25, -0.2) is 4.98 Å². The number of carbonyl (C=O) groups excluding carboxylic acids is 1. The highest BCUT2D eigenvalue weighted by Gasteiger charge is 2.22. The molecule has 0 saturated carbocycles. The van der Waals surface area contributed by atoms with E-state index in [4.69, 9.17) is 4.74 Å². The van der Waals surface area contributed by atoms with Crippen LogP contribution in [0.25, 0.3) is 0 Å². The first-order valence-electron chi connectivity index (χ1n) is 5.60. The number of H-pyrrole nitrogens is 1. The van der Waals surface area contributed by atoms with Crippen molar-refractivity contribution < 1.29 is 9.53 Å². The van der Waals surface area contributed by atoms with E-state index in [9.17, 15) is 4.79 Å². The molecular formula is C10H16N4O2. The van der Waals surface area contributed by atoms with Crippen LogP contribution in [0.5, 0.6) is 0 Å². The molecule has 1 atom stereocenters. The molecule has 1 amide bonds. The first-order chi connectivity index (χ1) is 7.86. The quantitative estimate of drug-likeness (QED) is 0.692. The van der Waals surface area contributed by atoms with E-state index < -0.39 is 0 Å². The molecule has 1 aliphatic rings. The van der Waals surface area contributed by atoms with Gasteiger partial charge in [-0.15, -0.1) is 0 Å². The van der Waals surface area contributed by atoms with Gasteiger partial charge in [-0.05, 0) is 19.3 Å². The molecule has 88 valence electrons. The SMILES string of the molecule is O=C(NCCCc1ncn[nH]1)[C@H]1CCCO1. The van der Waals surface area contributed by atoms with Gasteiger partial charge < -0.3 is 10.1 Å². The Hall–Kier alpha value is -1.43. The van der Waals surface area contributed by atoms with Gasteiger partial charge in [0.25, 0.3) is 0 Å². The highest BCUT2D eigenvalue weighted by Crippen LogP contribution is 2.11. The molecule has 0 unspecified atom stereocenters. The van der Waals surface area contributed by atoms with Crippen LogP contribution in [0, 0.1) is 0 Å². The molecule has 16 heavy (non-hydrogen) atoms. The summed E-state index contributed by atoms with van der Waals surface area (Å²) in [4.78, 5) is 15.5. The fraction of sp³-hybridized carbons (Fsp3) is 0.700. The van der Waals surface area contributed by atoms with Crippen molar-refractivity contribution in [2.24, 2.45) is 0 Å². The lowest BCUT2D eigenvalue weighted by Crippen LogP contribution is -2.34. The van der Waals surface area contributed by atoms with Crippen LogP contribution in [0.3, 0.4) is 0 Å². The first-order valence-corrected chi connectivity index (χ1v) is 5.60. The van der Waals surface area contributed by atoms with E-state index in [-0.39, 0.29) is 12.0 Å². The molecule has 1 saturated heterocycles. The first kappa shape index (κ1) is 11.1. The summed E-state index contributed by atoms with van der Waals surface area (Å²) in [6.07, 6.45) is 4.73. The molecule has 1 aromatic heterocycles. The molecule has 1 aromatic rings. The molecule has 1 fully saturated rings. The maximum absolute atomic E-state index is 11.5. The standard InChI is InChI=1S/C10H16N4O2/c15-10(8-3-2-6-16-8)11-5-1-4-9-12-7-13-14-9/h7-8H,1-6H2,(H,11,15)(H,12,13,14)/t8-/m1/s1. The van der Waals surface area contributed by atoms with Gasteiger partial charge in [-0.2, -0.15) is 5.10 Å². The van der Waals surface area contributed by atoms with Gasteiger partial charge in [-0.3, -0.25) is 9.89 Å². The number of aromatic amines is 1. The molecule has 6 heteroatoms. The molecule has 2 rings (SSSR count). The number of hydrogen-bond donors (Lipinski definition) is 2. The Bertz CT molecular complexity index is 320. The molecular weight excluding hydrogens is 208 g/mol. The van der Waals surface area contributed by atoms with Crippen LogP contribution in [0.15, 0.2) is 6.33 Å². The Balaban J connectivity index is 1.59. The minimum atomic E-state index is -0.231. The van der Waals surface area contributed by atoms with Gasteiger partial charge in [0.2, 0.25) is 5.91 Å². The largest absolute Gasteiger partial charge is 0.368 e. The summed E-state index contributed by atoms with van der Waals surface area (Å²) in [7, 11) is 0. The summed E-state index contributed by atoms with van der Waals surface area (Å²) in [6.45, 7) is 1.36. The van der Waals surface area contributed by atoms with Crippen LogP contribution >= 0.6 is 0 Å². The van der Waals surface area contributed by atoms with Crippen molar-refractivity contribution in [3.8, 4) is 0 Å². The maximum atomic E-state index is 11.5. The minimum absolute atomic E-state index is 0.00932. The van der Waals surface area contributed by atoms with Crippen molar-refractivity contribution in [2.75, 3.05) is 13.2 Å². The zero-order valence-electron chi connectivity index (χ0n) is 9.11. The number of rotatable bonds is 5. The molecule has 1 aliphatic heterocycles. The average Bonchev–Trinajstić information content (AvgIpc) is 2.96. The molecule has 6 nitrogen and oxygen atoms in total. The molecule has 0 spiro atoms. The number of hydrogen-bond acceptors (Lipinski definition) is 4. The normalized spacial score (nSPS) is 19.9. The predicted octanol–water partition coefficient (Wildman–Crippen LogP) is 0.0325. The molecule has 0 aliphatic carbocycles. The van der Waals surface area contributed by atoms with Crippen LogP contribution in [-0.2, 0) is 16.0 Å². The van der Waals surface area contributed by atoms with Crippen molar-refractivity contribution in [2.45, 2.75) is 31.8 Å². The second-order valence-electron chi connectivity index (χ2n) is 3.83. The third-order valence-corrected chi connectivity index (χ3v) is 2.58. The van der Waals surface area contributed by atoms with Crippen molar-refractivity contribution in [3.63, 3.8) is 0 Å². The fourth-order valence-electron chi connectivity index (χ4n) is 1.72. The van der Waals surface area contributed by atoms with E-state index in [1.807, 2.05) is 0 Å². The van der Waals surface area contributed by atoms with E-state index in [2.05, 4.69) is 20.5 Å². The van der Waals surface area contributed by atoms with E-state index >= 15 is 0 Å². The number of ether oxygens (including phenoxy) is 1. The highest BCUT2D eigenvalue weighted by atomic mass is 16.5. The van der Waals surface area contributed by atoms with Gasteiger partial charge in [0.1, 0.15) is 18.3 Å². The summed E-state index contributed by atoms with van der Waals surface area (Å²) >= 11 is 0. The van der Waals surface area contributed by atoms with Crippen molar-refractivity contribution in [1.29, 1.82) is 0 Å². The topological polar surface area (TPSA) is 79.9 Å². The minimum Gasteiger partial charge on any atom is -0.368 e. The summed E-state index contributed by atoms with van der Waals surface area (Å²) in [6, 6.07) is 0. The number of aryl methyl sites for hydroxylation is 1. The van der Waals surface area contributed by atoms with Crippen LogP contribution in [0.2, 0.25) is 0 Å². The zero-order valence-corrected chi connectivity index (χ0v) is 9.11. The molecule has 2 N–H and O–H groups in total. The lowest BCUT2D eigenvalue weighted by atomic mass is 10.2. The van der Waals surface area contributed by atoms with E-state index in [0.29, 0.717) is 13.2 Å². The molecule has 0 aromatic carbocycles. The summed E-state index contributed by atoms with van der Waals surface area (Å²) in [5.41, 5.74) is 0. The van der Waals surface area contributed by atoms with Crippen LogP contribution < -0.4 is 5.32 Å². The summed E-state index contributed by atoms with van der Waals surface area (Å²) in [5, 5.41) is 9.40. The smallest absolute Gasteiger partial charge is 0.249 e. The van der Waals surface area contributed by atoms with Crippen molar-refractivity contribution in [3.05, 3.63) is 12.2 Å². The average molecular weight is 224 g/mol. The zero-order chi connectivity index (χ0) is 11.2. The number of nitrogens with zero attached hydrogens (tertiary/aromatic N) is 2. The maximum Gasteiger partial charge on any atom is 0.249 e. The van der Waals surface area contributed by atoms with E-state index in [1.54, 1.807) is 0 Å². The number of carbonyl (C=O) groups is 1. The van der Waals surface area contributed by atoms with E-state index in [0.717, 1.165) is 31.5 Å². The van der Waals surface area contributed by atoms with Gasteiger partial charge in [0.15, 0.2) is 0 Å². The summed E-state index contributed by atoms with van der Waals surface area (Å²) in [5.74, 6) is 0.862. The van der Waals surface area contributed by atoms with Gasteiger partial charge in [-0.1, -0.05) is 0 Å². The Labute approximate surface area is 93.8 Å². The van der Waals surface area contributed by atoms with Crippen molar-refractivity contribution in [1.82, 2.24) is 20.5 Å². The fourth-order valence-corrected chi connectivity index (χ4v) is 1.72. The number of amides is 1. The Morgan fingerprint density at radius 1 is 1.69 bits per heavy atom. The Kier molecular flexibility index (Phi) is 3.87. The Morgan fingerprint density at radius 2 is 2.62 bits per heavy atom. The molecule has 0 radical (unpaired) electrons. The van der Waals surface area contributed by atoms with Crippen molar-refractivity contribution >= 4 is 5.91 Å². The monoisotopic (exact) mass is 224 g/mol. The van der Waals surface area contributed by atoms with Crippen LogP contribution in [0.1, 0.15) is 25.1 Å². The van der Waals surface area contributed by atoms with Gasteiger partial charge in [0, 0.05) is 19.6 Å². The predicted molar refractivity (Wildman–Crippen MR) is 56.7 cm³/mol. The van der Waals surface area contributed by atoms with Crippen LogP contribution in [-0.4, -0.2) is 40.3 Å². The van der Waals surface area contributed by atoms with E-state index in [1.165, 1.54) is 6.33 Å². The third-order valence-electron chi connectivity index (χ3n) is 2.58. The lowest BCUT2D eigenvalue weighted by Gasteiger charge is -2.09. The number of nitrogens with one attached hydrogen (secondary N) is 2. The summed E-state index contributed by atoms with van der Waals surface area (Å²) < 4.78 is 5.28.